The Morgan fingerprint density at radius 3 is 1.90 bits per heavy atom. The van der Waals surface area contributed by atoms with Gasteiger partial charge in [0.25, 0.3) is 5.91 Å². The minimum Gasteiger partial charge on any atom is -0.497 e. The number of carbonyl (C=O) groups is 2. The van der Waals surface area contributed by atoms with E-state index in [9.17, 15) is 9.59 Å². The van der Waals surface area contributed by atoms with Gasteiger partial charge < -0.3 is 20.1 Å². The first-order valence-corrected chi connectivity index (χ1v) is 9.55. The fraction of sp³-hybridized carbons (Fsp3) is 0.167. The monoisotopic (exact) mass is 404 g/mol. The van der Waals surface area contributed by atoms with Crippen molar-refractivity contribution in [3.63, 3.8) is 0 Å². The van der Waals surface area contributed by atoms with Crippen LogP contribution in [-0.2, 0) is 11.2 Å². The normalized spacial score (nSPS) is 10.2. The summed E-state index contributed by atoms with van der Waals surface area (Å²) in [7, 11) is 3.06. The van der Waals surface area contributed by atoms with Crippen molar-refractivity contribution in [1.82, 2.24) is 0 Å². The summed E-state index contributed by atoms with van der Waals surface area (Å²) in [5.74, 6) is 0.729. The number of ether oxygens (including phenoxy) is 2. The van der Waals surface area contributed by atoms with Crippen LogP contribution < -0.4 is 20.1 Å². The molecule has 0 aromatic heterocycles. The van der Waals surface area contributed by atoms with E-state index in [4.69, 9.17) is 9.47 Å². The highest BCUT2D eigenvalue weighted by atomic mass is 16.5. The van der Waals surface area contributed by atoms with Gasteiger partial charge in [-0.3, -0.25) is 9.59 Å². The Labute approximate surface area is 175 Å². The van der Waals surface area contributed by atoms with Gasteiger partial charge in [0.15, 0.2) is 0 Å². The Morgan fingerprint density at radius 2 is 1.33 bits per heavy atom. The second-order valence-corrected chi connectivity index (χ2v) is 6.67. The van der Waals surface area contributed by atoms with Crippen LogP contribution in [0.1, 0.15) is 22.3 Å². The van der Waals surface area contributed by atoms with Gasteiger partial charge in [-0.15, -0.1) is 0 Å². The molecule has 0 bridgehead atoms. The van der Waals surface area contributed by atoms with E-state index in [0.717, 1.165) is 5.56 Å². The summed E-state index contributed by atoms with van der Waals surface area (Å²) < 4.78 is 10.4. The van der Waals surface area contributed by atoms with E-state index in [1.807, 2.05) is 30.3 Å². The van der Waals surface area contributed by atoms with Gasteiger partial charge in [0.1, 0.15) is 11.5 Å². The highest BCUT2D eigenvalue weighted by Gasteiger charge is 2.11. The van der Waals surface area contributed by atoms with Crippen molar-refractivity contribution in [1.29, 1.82) is 0 Å². The van der Waals surface area contributed by atoms with Crippen molar-refractivity contribution >= 4 is 23.2 Å². The third-order valence-corrected chi connectivity index (χ3v) is 4.52. The number of hydrogen-bond donors (Lipinski definition) is 2. The molecule has 0 radical (unpaired) electrons. The number of aryl methyl sites for hydroxylation is 1. The van der Waals surface area contributed by atoms with Gasteiger partial charge in [-0.1, -0.05) is 30.3 Å². The standard InChI is InChI=1S/C24H24N2O4/c1-29-21-14-18(15-22(16-21)30-2)24(28)26-20-11-9-19(10-12-20)25-23(27)13-8-17-6-4-3-5-7-17/h3-7,9-12,14-16H,8,13H2,1-2H3,(H,25,27)(H,26,28). The summed E-state index contributed by atoms with van der Waals surface area (Å²) in [6, 6.07) is 21.8. The fourth-order valence-electron chi connectivity index (χ4n) is 2.90. The number of amides is 2. The average Bonchev–Trinajstić information content (AvgIpc) is 2.79. The largest absolute Gasteiger partial charge is 0.497 e. The van der Waals surface area contributed by atoms with E-state index in [2.05, 4.69) is 10.6 Å². The Hall–Kier alpha value is -3.80. The Kier molecular flexibility index (Phi) is 7.05. The number of benzene rings is 3. The van der Waals surface area contributed by atoms with Crippen LogP contribution in [0, 0.1) is 0 Å². The second-order valence-electron chi connectivity index (χ2n) is 6.67. The Morgan fingerprint density at radius 1 is 0.767 bits per heavy atom. The number of hydrogen-bond acceptors (Lipinski definition) is 4. The Bertz CT molecular complexity index is 979. The lowest BCUT2D eigenvalue weighted by Gasteiger charge is -2.10. The van der Waals surface area contributed by atoms with Gasteiger partial charge in [-0.05, 0) is 48.4 Å². The van der Waals surface area contributed by atoms with Crippen LogP contribution in [0.4, 0.5) is 11.4 Å². The van der Waals surface area contributed by atoms with E-state index in [1.165, 1.54) is 14.2 Å². The molecule has 0 atom stereocenters. The maximum Gasteiger partial charge on any atom is 0.255 e. The quantitative estimate of drug-likeness (QED) is 0.578. The number of methoxy groups -OCH3 is 2. The molecule has 6 heteroatoms. The maximum atomic E-state index is 12.5. The van der Waals surface area contributed by atoms with Gasteiger partial charge in [0.2, 0.25) is 5.91 Å². The SMILES string of the molecule is COc1cc(OC)cc(C(=O)Nc2ccc(NC(=O)CCc3ccccc3)cc2)c1. The summed E-state index contributed by atoms with van der Waals surface area (Å²) in [4.78, 5) is 24.7. The van der Waals surface area contributed by atoms with Gasteiger partial charge in [-0.2, -0.15) is 0 Å². The zero-order valence-corrected chi connectivity index (χ0v) is 17.0. The second kappa shape index (κ2) is 10.1. The van der Waals surface area contributed by atoms with Crippen molar-refractivity contribution in [2.45, 2.75) is 12.8 Å². The van der Waals surface area contributed by atoms with E-state index in [-0.39, 0.29) is 11.8 Å². The van der Waals surface area contributed by atoms with Gasteiger partial charge >= 0.3 is 0 Å². The molecule has 3 rings (SSSR count). The molecule has 0 saturated carbocycles. The molecule has 0 saturated heterocycles. The Balaban J connectivity index is 1.56. The van der Waals surface area contributed by atoms with Crippen LogP contribution in [-0.4, -0.2) is 26.0 Å². The smallest absolute Gasteiger partial charge is 0.255 e. The van der Waals surface area contributed by atoms with E-state index in [0.29, 0.717) is 41.3 Å². The molecule has 0 aliphatic heterocycles. The van der Waals surface area contributed by atoms with Gasteiger partial charge in [0, 0.05) is 29.4 Å². The zero-order valence-electron chi connectivity index (χ0n) is 17.0. The van der Waals surface area contributed by atoms with Crippen LogP contribution in [0.2, 0.25) is 0 Å². The molecule has 0 aliphatic carbocycles. The first kappa shape index (κ1) is 20.9. The van der Waals surface area contributed by atoms with E-state index >= 15 is 0 Å². The summed E-state index contributed by atoms with van der Waals surface area (Å²) in [5, 5.41) is 5.70. The lowest BCUT2D eigenvalue weighted by Crippen LogP contribution is -2.13. The molecule has 30 heavy (non-hydrogen) atoms. The molecular formula is C24H24N2O4. The van der Waals surface area contributed by atoms with Crippen LogP contribution >= 0.6 is 0 Å². The van der Waals surface area contributed by atoms with Crippen molar-refractivity contribution in [3.8, 4) is 11.5 Å². The molecule has 0 fully saturated rings. The molecule has 0 heterocycles. The molecule has 0 aliphatic rings. The molecule has 2 amide bonds. The minimum absolute atomic E-state index is 0.0564. The number of rotatable bonds is 8. The average molecular weight is 404 g/mol. The van der Waals surface area contributed by atoms with Gasteiger partial charge in [0.05, 0.1) is 14.2 Å². The molecule has 154 valence electrons. The summed E-state index contributed by atoms with van der Waals surface area (Å²) in [6.07, 6.45) is 1.09. The lowest BCUT2D eigenvalue weighted by molar-refractivity contribution is -0.116. The van der Waals surface area contributed by atoms with Crippen LogP contribution in [0.15, 0.2) is 72.8 Å². The minimum atomic E-state index is -0.285. The number of anilines is 2. The lowest BCUT2D eigenvalue weighted by atomic mass is 10.1. The summed E-state index contributed by atoms with van der Waals surface area (Å²) in [6.45, 7) is 0. The third kappa shape index (κ3) is 5.85. The predicted octanol–water partition coefficient (Wildman–Crippen LogP) is 4.53. The van der Waals surface area contributed by atoms with Crippen LogP contribution in [0.5, 0.6) is 11.5 Å². The van der Waals surface area contributed by atoms with Crippen molar-refractivity contribution in [2.75, 3.05) is 24.9 Å². The van der Waals surface area contributed by atoms with Crippen LogP contribution in [0.3, 0.4) is 0 Å². The van der Waals surface area contributed by atoms with Crippen molar-refractivity contribution < 1.29 is 19.1 Å². The van der Waals surface area contributed by atoms with Crippen molar-refractivity contribution in [3.05, 3.63) is 83.9 Å². The number of carbonyl (C=O) groups excluding carboxylic acids is 2. The maximum absolute atomic E-state index is 12.5. The highest BCUT2D eigenvalue weighted by Crippen LogP contribution is 2.23. The van der Waals surface area contributed by atoms with E-state index in [1.54, 1.807) is 42.5 Å². The van der Waals surface area contributed by atoms with Gasteiger partial charge in [-0.25, -0.2) is 0 Å². The summed E-state index contributed by atoms with van der Waals surface area (Å²) in [5.41, 5.74) is 2.84. The van der Waals surface area contributed by atoms with E-state index < -0.39 is 0 Å². The molecular weight excluding hydrogens is 380 g/mol. The highest BCUT2D eigenvalue weighted by molar-refractivity contribution is 6.05. The third-order valence-electron chi connectivity index (χ3n) is 4.52. The number of nitrogens with one attached hydrogen (secondary N) is 2. The first-order valence-electron chi connectivity index (χ1n) is 9.55. The molecule has 0 spiro atoms. The first-order chi connectivity index (χ1) is 14.6. The molecule has 6 nitrogen and oxygen atoms in total. The molecule has 2 N–H and O–H groups in total. The topological polar surface area (TPSA) is 76.7 Å². The predicted molar refractivity (Wildman–Crippen MR) is 117 cm³/mol. The summed E-state index contributed by atoms with van der Waals surface area (Å²) >= 11 is 0. The molecule has 3 aromatic carbocycles. The van der Waals surface area contributed by atoms with Crippen LogP contribution in [0.25, 0.3) is 0 Å². The van der Waals surface area contributed by atoms with Crippen molar-refractivity contribution in [2.24, 2.45) is 0 Å². The zero-order chi connectivity index (χ0) is 21.3. The molecule has 3 aromatic rings. The fourth-order valence-corrected chi connectivity index (χ4v) is 2.90. The molecule has 0 unspecified atom stereocenters.